The topological polar surface area (TPSA) is 60.9 Å². The number of amides is 1. The zero-order valence-corrected chi connectivity index (χ0v) is 23.4. The van der Waals surface area contributed by atoms with Gasteiger partial charge in [-0.05, 0) is 71.1 Å². The maximum Gasteiger partial charge on any atom is 0.264 e. The quantitative estimate of drug-likeness (QED) is 0.188. The summed E-state index contributed by atoms with van der Waals surface area (Å²) in [4.78, 5) is 21.3. The molecule has 1 amide bonds. The van der Waals surface area contributed by atoms with Crippen LogP contribution in [0.4, 0.5) is 0 Å². The number of carbonyl (C=O) groups is 1. The summed E-state index contributed by atoms with van der Waals surface area (Å²) in [5.74, 6) is 2.03. The minimum Gasteiger partial charge on any atom is -0.497 e. The highest BCUT2D eigenvalue weighted by atomic mass is 35.5. The Labute approximate surface area is 236 Å². The number of pyridine rings is 1. The molecule has 0 aliphatic heterocycles. The molecule has 0 saturated carbocycles. The van der Waals surface area contributed by atoms with Crippen LogP contribution in [0.15, 0.2) is 84.2 Å². The smallest absolute Gasteiger partial charge is 0.264 e. The van der Waals surface area contributed by atoms with Crippen molar-refractivity contribution in [1.29, 1.82) is 0 Å². The molecule has 0 unspecified atom stereocenters. The molecule has 0 radical (unpaired) electrons. The Bertz CT molecular complexity index is 1600. The van der Waals surface area contributed by atoms with Crippen molar-refractivity contribution < 1.29 is 19.0 Å². The second kappa shape index (κ2) is 11.8. The number of rotatable bonds is 9. The van der Waals surface area contributed by atoms with Crippen LogP contribution in [0, 0.1) is 0 Å². The monoisotopic (exact) mass is 558 g/mol. The van der Waals surface area contributed by atoms with Crippen molar-refractivity contribution in [1.82, 2.24) is 9.88 Å². The molecular formula is C31H27ClN2O4S. The second-order valence-electron chi connectivity index (χ2n) is 8.89. The van der Waals surface area contributed by atoms with Crippen molar-refractivity contribution in [3.05, 3.63) is 105 Å². The van der Waals surface area contributed by atoms with Crippen LogP contribution in [0.5, 0.6) is 17.2 Å². The van der Waals surface area contributed by atoms with E-state index in [9.17, 15) is 4.79 Å². The van der Waals surface area contributed by atoms with Crippen molar-refractivity contribution >= 4 is 39.7 Å². The third-order valence-electron chi connectivity index (χ3n) is 6.43. The fourth-order valence-corrected chi connectivity index (χ4v) is 5.31. The van der Waals surface area contributed by atoms with Gasteiger partial charge in [-0.1, -0.05) is 35.9 Å². The first-order valence-electron chi connectivity index (χ1n) is 12.3. The summed E-state index contributed by atoms with van der Waals surface area (Å²) in [7, 11) is 4.88. The molecule has 198 valence electrons. The predicted molar refractivity (Wildman–Crippen MR) is 156 cm³/mol. The largest absolute Gasteiger partial charge is 0.497 e. The van der Waals surface area contributed by atoms with Crippen molar-refractivity contribution in [2.75, 3.05) is 21.3 Å². The molecule has 0 atom stereocenters. The Hall–Kier alpha value is -4.07. The summed E-state index contributed by atoms with van der Waals surface area (Å²) in [6, 6.07) is 24.8. The van der Waals surface area contributed by atoms with Gasteiger partial charge in [-0.3, -0.25) is 4.79 Å². The van der Waals surface area contributed by atoms with Gasteiger partial charge in [-0.15, -0.1) is 11.3 Å². The molecule has 0 bridgehead atoms. The van der Waals surface area contributed by atoms with E-state index in [2.05, 4.69) is 6.07 Å². The summed E-state index contributed by atoms with van der Waals surface area (Å²) >= 11 is 7.74. The van der Waals surface area contributed by atoms with Crippen molar-refractivity contribution in [3.63, 3.8) is 0 Å². The molecule has 6 nitrogen and oxygen atoms in total. The minimum atomic E-state index is -0.0550. The van der Waals surface area contributed by atoms with Crippen LogP contribution in [-0.4, -0.2) is 37.1 Å². The summed E-state index contributed by atoms with van der Waals surface area (Å²) in [5, 5.41) is 3.43. The Morgan fingerprint density at radius 2 is 1.64 bits per heavy atom. The van der Waals surface area contributed by atoms with Gasteiger partial charge in [0.15, 0.2) is 0 Å². The lowest BCUT2D eigenvalue weighted by Gasteiger charge is -2.24. The number of aromatic nitrogens is 1. The van der Waals surface area contributed by atoms with E-state index in [1.807, 2.05) is 83.1 Å². The Morgan fingerprint density at radius 3 is 2.33 bits per heavy atom. The van der Waals surface area contributed by atoms with Crippen molar-refractivity contribution in [2.45, 2.75) is 13.1 Å². The number of carbonyl (C=O) groups excluding carboxylic acids is 1. The summed E-state index contributed by atoms with van der Waals surface area (Å²) in [6.45, 7) is 0.734. The van der Waals surface area contributed by atoms with E-state index in [0.717, 1.165) is 33.3 Å². The van der Waals surface area contributed by atoms with Gasteiger partial charge in [0.25, 0.3) is 5.91 Å². The van der Waals surface area contributed by atoms with Crippen LogP contribution in [-0.2, 0) is 13.1 Å². The molecule has 0 spiro atoms. The summed E-state index contributed by atoms with van der Waals surface area (Å²) in [5.41, 5.74) is 4.06. The lowest BCUT2D eigenvalue weighted by molar-refractivity contribution is 0.0735. The van der Waals surface area contributed by atoms with Crippen molar-refractivity contribution in [3.8, 4) is 28.5 Å². The van der Waals surface area contributed by atoms with Gasteiger partial charge in [-0.25, -0.2) is 4.98 Å². The van der Waals surface area contributed by atoms with E-state index in [0.29, 0.717) is 40.2 Å². The summed E-state index contributed by atoms with van der Waals surface area (Å²) < 4.78 is 16.5. The van der Waals surface area contributed by atoms with E-state index < -0.39 is 0 Å². The number of nitrogens with zero attached hydrogens (tertiary/aromatic N) is 2. The minimum absolute atomic E-state index is 0.0550. The van der Waals surface area contributed by atoms with Gasteiger partial charge < -0.3 is 19.1 Å². The number of benzene rings is 3. The number of methoxy groups -OCH3 is 3. The van der Waals surface area contributed by atoms with Crippen LogP contribution in [0.25, 0.3) is 22.2 Å². The molecule has 0 aliphatic carbocycles. The van der Waals surface area contributed by atoms with Gasteiger partial charge in [-0.2, -0.15) is 0 Å². The lowest BCUT2D eigenvalue weighted by atomic mass is 10.0. The number of fused-ring (bicyclic) bond motifs is 1. The highest BCUT2D eigenvalue weighted by Gasteiger charge is 2.22. The van der Waals surface area contributed by atoms with Gasteiger partial charge in [0.1, 0.15) is 17.2 Å². The first kappa shape index (κ1) is 26.5. The van der Waals surface area contributed by atoms with Crippen LogP contribution in [0.1, 0.15) is 20.8 Å². The average molecular weight is 559 g/mol. The second-order valence-corrected chi connectivity index (χ2v) is 10.3. The van der Waals surface area contributed by atoms with Gasteiger partial charge >= 0.3 is 0 Å². The molecule has 5 aromatic rings. The van der Waals surface area contributed by atoms with Gasteiger partial charge in [0.2, 0.25) is 0 Å². The maximum atomic E-state index is 13.7. The average Bonchev–Trinajstić information content (AvgIpc) is 3.51. The lowest BCUT2D eigenvalue weighted by Crippen LogP contribution is -2.30. The molecule has 5 rings (SSSR count). The molecule has 2 heterocycles. The number of ether oxygens (including phenoxy) is 3. The molecule has 0 aliphatic rings. The normalized spacial score (nSPS) is 10.9. The van der Waals surface area contributed by atoms with Crippen LogP contribution in [0.3, 0.4) is 0 Å². The van der Waals surface area contributed by atoms with Gasteiger partial charge in [0.05, 0.1) is 37.4 Å². The highest BCUT2D eigenvalue weighted by molar-refractivity contribution is 7.12. The van der Waals surface area contributed by atoms with E-state index >= 15 is 0 Å². The zero-order valence-electron chi connectivity index (χ0n) is 21.8. The standard InChI is InChI=1S/C31H27ClN2O4S/c1-36-24-10-6-20(7-11-24)18-34(31(35)29-5-4-14-39-29)19-22-15-21-8-9-23(32)16-27(21)33-30(22)26-17-25(37-2)12-13-28(26)38-3/h4-17H,18-19H2,1-3H3. The SMILES string of the molecule is COc1ccc(CN(Cc2cc3ccc(Cl)cc3nc2-c2cc(OC)ccc2OC)C(=O)c2cccs2)cc1. The maximum absolute atomic E-state index is 13.7. The molecule has 8 heteroatoms. The predicted octanol–water partition coefficient (Wildman–Crippen LogP) is 7.49. The fraction of sp³-hybridized carbons (Fsp3) is 0.161. The molecule has 0 N–H and O–H groups in total. The third-order valence-corrected chi connectivity index (χ3v) is 7.53. The van der Waals surface area contributed by atoms with Crippen LogP contribution >= 0.6 is 22.9 Å². The van der Waals surface area contributed by atoms with E-state index in [4.69, 9.17) is 30.8 Å². The van der Waals surface area contributed by atoms with Crippen LogP contribution in [0.2, 0.25) is 5.02 Å². The first-order chi connectivity index (χ1) is 19.0. The molecule has 0 fully saturated rings. The Morgan fingerprint density at radius 1 is 0.872 bits per heavy atom. The van der Waals surface area contributed by atoms with Crippen molar-refractivity contribution in [2.24, 2.45) is 0 Å². The number of hydrogen-bond donors (Lipinski definition) is 0. The molecule has 0 saturated heterocycles. The summed E-state index contributed by atoms with van der Waals surface area (Å²) in [6.07, 6.45) is 0. The molecule has 3 aromatic carbocycles. The molecule has 39 heavy (non-hydrogen) atoms. The number of hydrogen-bond acceptors (Lipinski definition) is 6. The highest BCUT2D eigenvalue weighted by Crippen LogP contribution is 2.37. The number of thiophene rings is 1. The fourth-order valence-electron chi connectivity index (χ4n) is 4.45. The van der Waals surface area contributed by atoms with E-state index in [-0.39, 0.29) is 5.91 Å². The van der Waals surface area contributed by atoms with E-state index in [1.54, 1.807) is 21.3 Å². The first-order valence-corrected chi connectivity index (χ1v) is 13.5. The zero-order chi connectivity index (χ0) is 27.4. The Balaban J connectivity index is 1.64. The third kappa shape index (κ3) is 5.85. The molecular weight excluding hydrogens is 532 g/mol. The molecule has 2 aromatic heterocycles. The number of halogens is 1. The van der Waals surface area contributed by atoms with Gasteiger partial charge in [0, 0.05) is 29.1 Å². The van der Waals surface area contributed by atoms with E-state index in [1.165, 1.54) is 11.3 Å². The van der Waals surface area contributed by atoms with Crippen LogP contribution < -0.4 is 14.2 Å². The Kier molecular flexibility index (Phi) is 8.00.